The number of imidazole rings is 2. The summed E-state index contributed by atoms with van der Waals surface area (Å²) in [5.41, 5.74) is 5.29. The number of benzene rings is 4. The third kappa shape index (κ3) is 6.19. The molecule has 2 aliphatic heterocycles. The van der Waals surface area contributed by atoms with E-state index in [1.54, 1.807) is 0 Å². The number of aromatic nitrogens is 4. The SMILES string of the molecule is COC(=O)N[C@H](C(=O)N1CCC[C@H]1c1nc2c(ccc3cc(-c4ccc5c(ccc6[nH]c([C@@H]7[C@H]8CC[C@H](C8)N7C(=O)OC(C)(C)C)nc65)c4)ccc32)[nH]1)C(C)C. The van der Waals surface area contributed by atoms with Gasteiger partial charge in [0.15, 0.2) is 0 Å². The van der Waals surface area contributed by atoms with Gasteiger partial charge >= 0.3 is 12.2 Å². The third-order valence-electron chi connectivity index (χ3n) is 12.0. The number of ether oxygens (including phenoxy) is 2. The maximum absolute atomic E-state index is 13.7. The molecule has 2 aromatic heterocycles. The molecule has 3 aliphatic rings. The van der Waals surface area contributed by atoms with Crippen LogP contribution in [0.25, 0.3) is 54.7 Å². The lowest BCUT2D eigenvalue weighted by Gasteiger charge is -2.35. The number of nitrogens with one attached hydrogen (secondary N) is 3. The van der Waals surface area contributed by atoms with Crippen LogP contribution in [0.3, 0.4) is 0 Å². The molecular weight excluding hydrogens is 707 g/mol. The van der Waals surface area contributed by atoms with E-state index in [4.69, 9.17) is 19.4 Å². The molecule has 0 unspecified atom stereocenters. The zero-order chi connectivity index (χ0) is 39.0. The number of fused-ring (bicyclic) bond motifs is 8. The predicted molar refractivity (Wildman–Crippen MR) is 216 cm³/mol. The Hall–Kier alpha value is -5.65. The average Bonchev–Trinajstić information content (AvgIpc) is 4.02. The Kier molecular flexibility index (Phi) is 8.70. The van der Waals surface area contributed by atoms with Crippen LogP contribution in [0, 0.1) is 11.8 Å². The maximum Gasteiger partial charge on any atom is 0.411 e. The number of methoxy groups -OCH3 is 1. The Morgan fingerprint density at radius 1 is 0.839 bits per heavy atom. The molecule has 0 spiro atoms. The Bertz CT molecular complexity index is 2530. The van der Waals surface area contributed by atoms with Gasteiger partial charge in [-0.3, -0.25) is 9.69 Å². The second-order valence-electron chi connectivity index (χ2n) is 17.1. The van der Waals surface area contributed by atoms with E-state index < -0.39 is 17.7 Å². The number of nitrogens with zero attached hydrogens (tertiary/aromatic N) is 4. The van der Waals surface area contributed by atoms with Gasteiger partial charge in [0.1, 0.15) is 23.3 Å². The molecule has 3 amide bonds. The number of rotatable bonds is 6. The van der Waals surface area contributed by atoms with Crippen LogP contribution in [0.5, 0.6) is 0 Å². The first-order chi connectivity index (χ1) is 26.9. The number of piperidine rings is 1. The molecule has 1 aliphatic carbocycles. The molecule has 12 nitrogen and oxygen atoms in total. The van der Waals surface area contributed by atoms with Crippen LogP contribution in [-0.4, -0.2) is 79.2 Å². The van der Waals surface area contributed by atoms with Gasteiger partial charge in [-0.2, -0.15) is 0 Å². The van der Waals surface area contributed by atoms with Gasteiger partial charge in [-0.15, -0.1) is 0 Å². The molecule has 4 aromatic carbocycles. The number of amides is 3. The molecule has 5 atom stereocenters. The van der Waals surface area contributed by atoms with E-state index in [2.05, 4.69) is 75.9 Å². The van der Waals surface area contributed by atoms with Crippen LogP contribution < -0.4 is 5.32 Å². The summed E-state index contributed by atoms with van der Waals surface area (Å²) < 4.78 is 10.6. The average molecular weight is 756 g/mol. The first kappa shape index (κ1) is 36.0. The lowest BCUT2D eigenvalue weighted by molar-refractivity contribution is -0.135. The quantitative estimate of drug-likeness (QED) is 0.154. The summed E-state index contributed by atoms with van der Waals surface area (Å²) in [6.45, 7) is 10.2. The minimum Gasteiger partial charge on any atom is -0.453 e. The van der Waals surface area contributed by atoms with Gasteiger partial charge in [-0.05, 0) is 111 Å². The molecule has 290 valence electrons. The summed E-state index contributed by atoms with van der Waals surface area (Å²) >= 11 is 0. The maximum atomic E-state index is 13.7. The molecule has 2 bridgehead atoms. The Morgan fingerprint density at radius 3 is 2.07 bits per heavy atom. The highest BCUT2D eigenvalue weighted by Gasteiger charge is 2.51. The number of hydrogen-bond acceptors (Lipinski definition) is 7. The van der Waals surface area contributed by atoms with Gasteiger partial charge in [-0.25, -0.2) is 19.6 Å². The monoisotopic (exact) mass is 755 g/mol. The summed E-state index contributed by atoms with van der Waals surface area (Å²) in [4.78, 5) is 60.2. The van der Waals surface area contributed by atoms with Crippen LogP contribution >= 0.6 is 0 Å². The first-order valence-corrected chi connectivity index (χ1v) is 19.9. The smallest absolute Gasteiger partial charge is 0.411 e. The second kappa shape index (κ2) is 13.5. The fourth-order valence-corrected chi connectivity index (χ4v) is 9.41. The highest BCUT2D eigenvalue weighted by Crippen LogP contribution is 2.50. The number of likely N-dealkylation sites (tertiary alicyclic amines) is 2. The molecule has 0 radical (unpaired) electrons. The Labute approximate surface area is 325 Å². The van der Waals surface area contributed by atoms with Crippen molar-refractivity contribution in [3.8, 4) is 11.1 Å². The van der Waals surface area contributed by atoms with E-state index >= 15 is 0 Å². The van der Waals surface area contributed by atoms with E-state index in [0.717, 1.165) is 98.5 Å². The summed E-state index contributed by atoms with van der Waals surface area (Å²) in [5.74, 6) is 1.72. The van der Waals surface area contributed by atoms with Crippen LogP contribution in [0.15, 0.2) is 60.7 Å². The zero-order valence-corrected chi connectivity index (χ0v) is 32.8. The van der Waals surface area contributed by atoms with Gasteiger partial charge in [-0.1, -0.05) is 50.2 Å². The summed E-state index contributed by atoms with van der Waals surface area (Å²) in [6.07, 6.45) is 3.85. The topological polar surface area (TPSA) is 146 Å². The van der Waals surface area contributed by atoms with Gasteiger partial charge in [0, 0.05) is 23.4 Å². The standard InChI is InChI=1S/C44H49N7O5/c1-23(2)35(49-42(53)55-6)41(52)50-19-7-8-34(50)39-45-32-17-12-26-20-24(10-15-30(26)36(32)47-39)25-11-16-31-27(21-25)13-18-33-37(31)48-40(46-33)38-28-9-14-29(22-28)51(38)43(54)56-44(3,4)5/h10-13,15-18,20-21,23,28-29,34-35,38H,7-9,14,19,22H2,1-6H3,(H,45,47)(H,46,48)(H,49,53)/t28-,29+,34-,35-,38-/m0/s1. The summed E-state index contributed by atoms with van der Waals surface area (Å²) in [5, 5.41) is 6.98. The van der Waals surface area contributed by atoms with E-state index in [-0.39, 0.29) is 36.0 Å². The minimum absolute atomic E-state index is 0.103. The molecule has 2 saturated heterocycles. The molecule has 3 N–H and O–H groups in total. The van der Waals surface area contributed by atoms with Crippen molar-refractivity contribution >= 4 is 61.7 Å². The van der Waals surface area contributed by atoms with Gasteiger partial charge in [0.2, 0.25) is 5.91 Å². The molecule has 4 heterocycles. The van der Waals surface area contributed by atoms with Crippen LogP contribution in [-0.2, 0) is 14.3 Å². The van der Waals surface area contributed by atoms with Gasteiger partial charge < -0.3 is 29.7 Å². The third-order valence-corrected chi connectivity index (χ3v) is 12.0. The number of aromatic amines is 2. The zero-order valence-electron chi connectivity index (χ0n) is 32.8. The van der Waals surface area contributed by atoms with Crippen molar-refractivity contribution in [3.63, 3.8) is 0 Å². The predicted octanol–water partition coefficient (Wildman–Crippen LogP) is 8.92. The summed E-state index contributed by atoms with van der Waals surface area (Å²) in [6, 6.07) is 20.6. The second-order valence-corrected chi connectivity index (χ2v) is 17.1. The number of hydrogen-bond donors (Lipinski definition) is 3. The van der Waals surface area contributed by atoms with E-state index in [1.807, 2.05) is 44.4 Å². The van der Waals surface area contributed by atoms with Crippen molar-refractivity contribution < 1.29 is 23.9 Å². The Balaban J connectivity index is 0.992. The number of carbonyl (C=O) groups excluding carboxylic acids is 3. The van der Waals surface area contributed by atoms with Crippen LogP contribution in [0.1, 0.15) is 90.5 Å². The molecular formula is C44H49N7O5. The molecule has 3 fully saturated rings. The fraction of sp³-hybridized carbons (Fsp3) is 0.432. The largest absolute Gasteiger partial charge is 0.453 e. The number of alkyl carbamates (subject to hydrolysis) is 1. The van der Waals surface area contributed by atoms with E-state index in [0.29, 0.717) is 12.5 Å². The molecule has 1 saturated carbocycles. The summed E-state index contributed by atoms with van der Waals surface area (Å²) in [7, 11) is 1.30. The van der Waals surface area contributed by atoms with Crippen molar-refractivity contribution in [2.24, 2.45) is 11.8 Å². The molecule has 56 heavy (non-hydrogen) atoms. The molecule has 12 heteroatoms. The van der Waals surface area contributed by atoms with Crippen molar-refractivity contribution in [1.29, 1.82) is 0 Å². The lowest BCUT2D eigenvalue weighted by atomic mass is 9.98. The first-order valence-electron chi connectivity index (χ1n) is 19.9. The highest BCUT2D eigenvalue weighted by molar-refractivity contribution is 6.07. The minimum atomic E-state index is -0.687. The number of carbonyl (C=O) groups is 3. The fourth-order valence-electron chi connectivity index (χ4n) is 9.41. The van der Waals surface area contributed by atoms with Crippen LogP contribution in [0.4, 0.5) is 9.59 Å². The number of H-pyrrole nitrogens is 2. The van der Waals surface area contributed by atoms with Gasteiger partial charge in [0.05, 0.1) is 41.3 Å². The van der Waals surface area contributed by atoms with Crippen molar-refractivity contribution in [2.75, 3.05) is 13.7 Å². The highest BCUT2D eigenvalue weighted by atomic mass is 16.6. The van der Waals surface area contributed by atoms with Gasteiger partial charge in [0.25, 0.3) is 0 Å². The van der Waals surface area contributed by atoms with Crippen molar-refractivity contribution in [3.05, 3.63) is 72.3 Å². The van der Waals surface area contributed by atoms with Crippen molar-refractivity contribution in [1.82, 2.24) is 35.1 Å². The Morgan fingerprint density at radius 2 is 1.46 bits per heavy atom. The van der Waals surface area contributed by atoms with Crippen LogP contribution in [0.2, 0.25) is 0 Å². The lowest BCUT2D eigenvalue weighted by Crippen LogP contribution is -2.51. The molecule has 6 aromatic rings. The molecule has 9 rings (SSSR count). The van der Waals surface area contributed by atoms with Crippen molar-refractivity contribution in [2.45, 2.75) is 96.5 Å². The van der Waals surface area contributed by atoms with E-state index in [9.17, 15) is 14.4 Å². The van der Waals surface area contributed by atoms with E-state index in [1.165, 1.54) is 7.11 Å². The normalized spacial score (nSPS) is 21.6.